The van der Waals surface area contributed by atoms with Gasteiger partial charge in [0.2, 0.25) is 5.91 Å². The second kappa shape index (κ2) is 58.6. The number of aliphatic hydroxyl groups excluding tert-OH is 5. The van der Waals surface area contributed by atoms with Crippen LogP contribution in [-0.4, -0.2) is 87.5 Å². The first kappa shape index (κ1) is 74.4. The average molecular weight is 1110 g/mol. The Bertz CT molecular complexity index is 1520. The number of nitrogens with one attached hydrogen (secondary N) is 1. The number of hydrogen-bond donors (Lipinski definition) is 6. The van der Waals surface area contributed by atoms with Gasteiger partial charge < -0.3 is 40.3 Å². The molecule has 0 radical (unpaired) electrons. The summed E-state index contributed by atoms with van der Waals surface area (Å²) in [6, 6.07) is -0.810. The van der Waals surface area contributed by atoms with Gasteiger partial charge in [0.25, 0.3) is 0 Å². The Morgan fingerprint density at radius 2 is 0.785 bits per heavy atom. The van der Waals surface area contributed by atoms with E-state index in [2.05, 4.69) is 92.1 Å². The summed E-state index contributed by atoms with van der Waals surface area (Å²) in [6.45, 7) is 3.69. The van der Waals surface area contributed by atoms with Crippen molar-refractivity contribution < 1.29 is 39.8 Å². The van der Waals surface area contributed by atoms with Crippen molar-refractivity contribution in [3.63, 3.8) is 0 Å². The molecule has 9 heteroatoms. The molecule has 0 aromatic carbocycles. The van der Waals surface area contributed by atoms with Gasteiger partial charge in [-0.05, 0) is 70.6 Å². The van der Waals surface area contributed by atoms with E-state index in [1.165, 1.54) is 199 Å². The van der Waals surface area contributed by atoms with Crippen LogP contribution < -0.4 is 5.32 Å². The number of hydrogen-bond acceptors (Lipinski definition) is 8. The number of ether oxygens (including phenoxy) is 2. The van der Waals surface area contributed by atoms with Crippen LogP contribution in [0.2, 0.25) is 0 Å². The second-order valence-corrected chi connectivity index (χ2v) is 22.9. The van der Waals surface area contributed by atoms with Crippen LogP contribution in [0.4, 0.5) is 0 Å². The van der Waals surface area contributed by atoms with Crippen LogP contribution in [0.25, 0.3) is 0 Å². The molecule has 0 aliphatic carbocycles. The molecule has 9 nitrogen and oxygen atoms in total. The minimum Gasteiger partial charge on any atom is -0.394 e. The highest BCUT2D eigenvalue weighted by molar-refractivity contribution is 5.76. The molecular weight excluding hydrogens is 983 g/mol. The molecule has 1 heterocycles. The summed E-state index contributed by atoms with van der Waals surface area (Å²) in [5.41, 5.74) is 0. The fourth-order valence-electron chi connectivity index (χ4n) is 10.3. The van der Waals surface area contributed by atoms with Gasteiger partial charge in [-0.3, -0.25) is 4.79 Å². The third-order valence-corrected chi connectivity index (χ3v) is 15.5. The van der Waals surface area contributed by atoms with Crippen molar-refractivity contribution in [2.45, 2.75) is 339 Å². The summed E-state index contributed by atoms with van der Waals surface area (Å²) in [5.74, 6) is -0.177. The fourth-order valence-corrected chi connectivity index (χ4v) is 10.3. The van der Waals surface area contributed by atoms with Gasteiger partial charge in [0.1, 0.15) is 24.4 Å². The first-order valence-electron chi connectivity index (χ1n) is 33.3. The van der Waals surface area contributed by atoms with Gasteiger partial charge in [-0.2, -0.15) is 0 Å². The van der Waals surface area contributed by atoms with Crippen molar-refractivity contribution in [1.82, 2.24) is 5.32 Å². The largest absolute Gasteiger partial charge is 0.394 e. The highest BCUT2D eigenvalue weighted by atomic mass is 16.7. The fraction of sp³-hybridized carbons (Fsp3) is 0.786. The lowest BCUT2D eigenvalue weighted by molar-refractivity contribution is -0.302. The molecule has 1 amide bonds. The van der Waals surface area contributed by atoms with E-state index in [4.69, 9.17) is 9.47 Å². The zero-order valence-electron chi connectivity index (χ0n) is 51.1. The molecule has 0 spiro atoms. The van der Waals surface area contributed by atoms with Gasteiger partial charge >= 0.3 is 0 Å². The monoisotopic (exact) mass is 1110 g/mol. The zero-order valence-corrected chi connectivity index (χ0v) is 51.1. The van der Waals surface area contributed by atoms with Crippen molar-refractivity contribution in [3.05, 3.63) is 85.1 Å². The molecule has 1 rings (SSSR count). The highest BCUT2D eigenvalue weighted by Crippen LogP contribution is 2.23. The third-order valence-electron chi connectivity index (χ3n) is 15.5. The maximum absolute atomic E-state index is 13.1. The van der Waals surface area contributed by atoms with Gasteiger partial charge in [-0.25, -0.2) is 0 Å². The lowest BCUT2D eigenvalue weighted by atomic mass is 9.99. The maximum atomic E-state index is 13.1. The van der Waals surface area contributed by atoms with Crippen LogP contribution in [0.3, 0.4) is 0 Å². The molecule has 0 aromatic rings. The molecule has 7 unspecified atom stereocenters. The highest BCUT2D eigenvalue weighted by Gasteiger charge is 2.44. The summed E-state index contributed by atoms with van der Waals surface area (Å²) in [5, 5.41) is 54.7. The van der Waals surface area contributed by atoms with Crippen molar-refractivity contribution in [1.29, 1.82) is 0 Å². The molecule has 7 atom stereocenters. The van der Waals surface area contributed by atoms with Crippen molar-refractivity contribution >= 4 is 5.91 Å². The van der Waals surface area contributed by atoms with Crippen molar-refractivity contribution in [3.8, 4) is 0 Å². The molecule has 1 saturated heterocycles. The van der Waals surface area contributed by atoms with E-state index in [9.17, 15) is 30.3 Å². The van der Waals surface area contributed by atoms with Crippen molar-refractivity contribution in [2.24, 2.45) is 0 Å². The molecule has 1 fully saturated rings. The second-order valence-electron chi connectivity index (χ2n) is 22.9. The van der Waals surface area contributed by atoms with E-state index in [0.717, 1.165) is 77.0 Å². The SMILES string of the molecule is CC/C=C\C/C=C\C/C=C\C/C=C\C/C=C\C/C=C\CCCCCCCCCCCCCCCCC(=O)NC(COC1OC(CO)C(O)C(O)C1O)C(O)/C=C/CCCCCCCCCCCCCCCCCCCCCCC. The molecule has 0 bridgehead atoms. The van der Waals surface area contributed by atoms with E-state index >= 15 is 0 Å². The Morgan fingerprint density at radius 3 is 1.16 bits per heavy atom. The first-order chi connectivity index (χ1) is 38.8. The van der Waals surface area contributed by atoms with Crippen LogP contribution in [0.5, 0.6) is 0 Å². The molecule has 1 aliphatic rings. The smallest absolute Gasteiger partial charge is 0.220 e. The van der Waals surface area contributed by atoms with Crippen LogP contribution in [0.1, 0.15) is 296 Å². The van der Waals surface area contributed by atoms with E-state index in [1.807, 2.05) is 6.08 Å². The van der Waals surface area contributed by atoms with Crippen LogP contribution >= 0.6 is 0 Å². The molecule has 1 aliphatic heterocycles. The number of rotatable bonds is 57. The first-order valence-corrected chi connectivity index (χ1v) is 33.3. The van der Waals surface area contributed by atoms with Crippen molar-refractivity contribution in [2.75, 3.05) is 13.2 Å². The van der Waals surface area contributed by atoms with Crippen LogP contribution in [0, 0.1) is 0 Å². The van der Waals surface area contributed by atoms with Crippen LogP contribution in [0.15, 0.2) is 85.1 Å². The van der Waals surface area contributed by atoms with Gasteiger partial charge in [0, 0.05) is 6.42 Å². The number of unbranched alkanes of at least 4 members (excludes halogenated alkanes) is 35. The molecule has 0 saturated carbocycles. The maximum Gasteiger partial charge on any atom is 0.220 e. The minimum absolute atomic E-state index is 0.177. The summed E-state index contributed by atoms with van der Waals surface area (Å²) in [6.07, 6.45) is 76.7. The summed E-state index contributed by atoms with van der Waals surface area (Å²) in [7, 11) is 0. The van der Waals surface area contributed by atoms with E-state index in [-0.39, 0.29) is 12.5 Å². The molecule has 79 heavy (non-hydrogen) atoms. The Labute approximate surface area is 486 Å². The summed E-state index contributed by atoms with van der Waals surface area (Å²) < 4.78 is 11.3. The van der Waals surface area contributed by atoms with E-state index in [0.29, 0.717) is 6.42 Å². The zero-order chi connectivity index (χ0) is 57.2. The molecule has 458 valence electrons. The molecule has 6 N–H and O–H groups in total. The third kappa shape index (κ3) is 47.6. The number of amides is 1. The lowest BCUT2D eigenvalue weighted by Gasteiger charge is -2.40. The number of aliphatic hydroxyl groups is 5. The number of carbonyl (C=O) groups is 1. The van der Waals surface area contributed by atoms with Gasteiger partial charge in [-0.15, -0.1) is 0 Å². The van der Waals surface area contributed by atoms with Crippen LogP contribution in [-0.2, 0) is 14.3 Å². The number of carbonyl (C=O) groups excluding carboxylic acids is 1. The average Bonchev–Trinajstić information content (AvgIpc) is 3.47. The lowest BCUT2D eigenvalue weighted by Crippen LogP contribution is -2.60. The quantitative estimate of drug-likeness (QED) is 0.0261. The summed E-state index contributed by atoms with van der Waals surface area (Å²) in [4.78, 5) is 13.1. The predicted molar refractivity (Wildman–Crippen MR) is 336 cm³/mol. The normalized spacial score (nSPS) is 19.1. The Hall–Kier alpha value is -2.63. The van der Waals surface area contributed by atoms with Gasteiger partial charge in [0.05, 0.1) is 25.4 Å². The Balaban J connectivity index is 2.15. The van der Waals surface area contributed by atoms with E-state index < -0.39 is 49.5 Å². The van der Waals surface area contributed by atoms with E-state index in [1.54, 1.807) is 6.08 Å². The number of allylic oxidation sites excluding steroid dienone is 13. The molecule has 0 aromatic heterocycles. The topological polar surface area (TPSA) is 149 Å². The minimum atomic E-state index is -1.57. The Morgan fingerprint density at radius 1 is 0.443 bits per heavy atom. The standard InChI is InChI=1S/C70H125NO8/c1-3-5-7-9-11-13-15-17-19-21-23-25-27-28-29-30-31-32-33-34-35-36-38-40-42-44-46-48-50-52-54-56-58-60-66(74)71-63(62-78-70-69(77)68(76)67(75)65(61-72)79-70)64(73)59-57-55-53-51-49-47-45-43-41-39-37-26-24-22-20-18-16-14-12-10-8-6-4-2/h5,7,11,13,17,19,23,25,28-29,31-32,57,59,63-65,67-70,72-73,75-77H,3-4,6,8-10,12,14-16,18,20-22,24,26-27,30,33-56,58,60-62H2,1-2H3,(H,71,74)/b7-5-,13-11-,19-17-,25-23-,29-28-,32-31-,59-57+. The van der Waals surface area contributed by atoms with Gasteiger partial charge in [0.15, 0.2) is 6.29 Å². The predicted octanol–water partition coefficient (Wildman–Crippen LogP) is 17.7. The molecular formula is C70H125NO8. The summed E-state index contributed by atoms with van der Waals surface area (Å²) >= 11 is 0. The van der Waals surface area contributed by atoms with Gasteiger partial charge in [-0.1, -0.05) is 304 Å². The Kier molecular flexibility index (Phi) is 55.1.